The molecule has 5 heteroatoms. The summed E-state index contributed by atoms with van der Waals surface area (Å²) in [5.41, 5.74) is -0.128. The summed E-state index contributed by atoms with van der Waals surface area (Å²) >= 11 is 0. The van der Waals surface area contributed by atoms with Crippen LogP contribution in [-0.2, 0) is 0 Å². The van der Waals surface area contributed by atoms with E-state index in [4.69, 9.17) is 9.15 Å². The highest BCUT2D eigenvalue weighted by Crippen LogP contribution is 2.25. The standard InChI is InChI=1S/C17H19NO4/c1-21-14-8-6-7-12-11-13(17(20)22-15(12)14)16(19)18-9-4-2-3-5-10-18/h6-8,11H,2-5,9-10H2,1H3. The lowest BCUT2D eigenvalue weighted by molar-refractivity contribution is 0.0757. The molecule has 1 aromatic heterocycles. The minimum absolute atomic E-state index is 0.0997. The van der Waals surface area contributed by atoms with Gasteiger partial charge in [0.1, 0.15) is 5.56 Å². The van der Waals surface area contributed by atoms with Crippen LogP contribution < -0.4 is 10.4 Å². The third-order valence-corrected chi connectivity index (χ3v) is 4.07. The van der Waals surface area contributed by atoms with Crippen molar-refractivity contribution in [3.05, 3.63) is 40.2 Å². The molecule has 0 spiro atoms. The van der Waals surface area contributed by atoms with E-state index in [9.17, 15) is 9.59 Å². The number of hydrogen-bond donors (Lipinski definition) is 0. The number of hydrogen-bond acceptors (Lipinski definition) is 4. The van der Waals surface area contributed by atoms with Crippen molar-refractivity contribution in [1.82, 2.24) is 4.90 Å². The first kappa shape index (κ1) is 14.6. The summed E-state index contributed by atoms with van der Waals surface area (Å²) in [7, 11) is 1.52. The Bertz CT molecular complexity index is 742. The zero-order valence-corrected chi connectivity index (χ0v) is 12.6. The van der Waals surface area contributed by atoms with Crippen LogP contribution in [0.25, 0.3) is 11.0 Å². The van der Waals surface area contributed by atoms with Crippen LogP contribution in [0.15, 0.2) is 33.5 Å². The van der Waals surface area contributed by atoms with Crippen molar-refractivity contribution in [2.24, 2.45) is 0 Å². The summed E-state index contributed by atoms with van der Waals surface area (Å²) in [6.45, 7) is 1.41. The van der Waals surface area contributed by atoms with Crippen LogP contribution in [0.4, 0.5) is 0 Å². The number of fused-ring (bicyclic) bond motifs is 1. The summed E-state index contributed by atoms with van der Waals surface area (Å²) in [6, 6.07) is 6.94. The summed E-state index contributed by atoms with van der Waals surface area (Å²) < 4.78 is 10.5. The molecule has 2 heterocycles. The number of amides is 1. The number of nitrogens with zero attached hydrogens (tertiary/aromatic N) is 1. The molecule has 1 fully saturated rings. The maximum Gasteiger partial charge on any atom is 0.349 e. The van der Waals surface area contributed by atoms with Gasteiger partial charge in [0.2, 0.25) is 0 Å². The van der Waals surface area contributed by atoms with Gasteiger partial charge in [-0.05, 0) is 25.0 Å². The molecule has 1 aromatic carbocycles. The number of benzene rings is 1. The highest BCUT2D eigenvalue weighted by molar-refractivity contribution is 5.97. The van der Waals surface area contributed by atoms with Crippen LogP contribution in [0, 0.1) is 0 Å². The van der Waals surface area contributed by atoms with E-state index in [-0.39, 0.29) is 11.5 Å². The van der Waals surface area contributed by atoms with E-state index in [0.29, 0.717) is 29.8 Å². The Balaban J connectivity index is 2.01. The third kappa shape index (κ3) is 2.71. The normalized spacial score (nSPS) is 15.6. The van der Waals surface area contributed by atoms with Crippen molar-refractivity contribution in [3.8, 4) is 5.75 Å². The van der Waals surface area contributed by atoms with Crippen LogP contribution in [-0.4, -0.2) is 31.0 Å². The maximum atomic E-state index is 12.6. The predicted molar refractivity (Wildman–Crippen MR) is 83.4 cm³/mol. The van der Waals surface area contributed by atoms with Gasteiger partial charge >= 0.3 is 5.63 Å². The highest BCUT2D eigenvalue weighted by Gasteiger charge is 2.22. The molecule has 2 aromatic rings. The SMILES string of the molecule is COc1cccc2cc(C(=O)N3CCCCCC3)c(=O)oc12. The van der Waals surface area contributed by atoms with Crippen molar-refractivity contribution < 1.29 is 13.9 Å². The van der Waals surface area contributed by atoms with Gasteiger partial charge in [-0.15, -0.1) is 0 Å². The molecule has 0 N–H and O–H groups in total. The molecule has 0 unspecified atom stereocenters. The second-order valence-corrected chi connectivity index (χ2v) is 5.53. The maximum absolute atomic E-state index is 12.6. The molecule has 0 radical (unpaired) electrons. The molecule has 1 saturated heterocycles. The van der Waals surface area contributed by atoms with Gasteiger partial charge in [0.15, 0.2) is 11.3 Å². The number of likely N-dealkylation sites (tertiary alicyclic amines) is 1. The number of ether oxygens (including phenoxy) is 1. The Morgan fingerprint density at radius 1 is 1.18 bits per heavy atom. The van der Waals surface area contributed by atoms with E-state index in [1.54, 1.807) is 29.2 Å². The summed E-state index contributed by atoms with van der Waals surface area (Å²) in [6.07, 6.45) is 4.23. The topological polar surface area (TPSA) is 59.8 Å². The molecule has 3 rings (SSSR count). The molecule has 5 nitrogen and oxygen atoms in total. The number of rotatable bonds is 2. The molecular weight excluding hydrogens is 282 g/mol. The van der Waals surface area contributed by atoms with E-state index >= 15 is 0 Å². The summed E-state index contributed by atoms with van der Waals surface area (Å²) in [5.74, 6) is 0.253. The van der Waals surface area contributed by atoms with Gasteiger partial charge in [0.05, 0.1) is 7.11 Å². The van der Waals surface area contributed by atoms with Crippen LogP contribution in [0.5, 0.6) is 5.75 Å². The number of carbonyl (C=O) groups is 1. The Hall–Kier alpha value is -2.30. The van der Waals surface area contributed by atoms with Gasteiger partial charge in [-0.25, -0.2) is 4.79 Å². The van der Waals surface area contributed by atoms with E-state index in [0.717, 1.165) is 25.7 Å². The Labute approximate surface area is 128 Å². The lowest BCUT2D eigenvalue weighted by Gasteiger charge is -2.19. The lowest BCUT2D eigenvalue weighted by Crippen LogP contribution is -2.34. The number of methoxy groups -OCH3 is 1. The average Bonchev–Trinajstić information content (AvgIpc) is 2.82. The molecule has 1 aliphatic heterocycles. The lowest BCUT2D eigenvalue weighted by atomic mass is 10.1. The fourth-order valence-electron chi connectivity index (χ4n) is 2.87. The second-order valence-electron chi connectivity index (χ2n) is 5.53. The van der Waals surface area contributed by atoms with Crippen molar-refractivity contribution >= 4 is 16.9 Å². The highest BCUT2D eigenvalue weighted by atomic mass is 16.5. The van der Waals surface area contributed by atoms with Crippen molar-refractivity contribution in [2.45, 2.75) is 25.7 Å². The first-order valence-electron chi connectivity index (χ1n) is 7.61. The first-order chi connectivity index (χ1) is 10.7. The predicted octanol–water partition coefficient (Wildman–Crippen LogP) is 2.82. The summed E-state index contributed by atoms with van der Waals surface area (Å²) in [5, 5.41) is 0.692. The number of carbonyl (C=O) groups excluding carboxylic acids is 1. The van der Waals surface area contributed by atoms with E-state index in [1.165, 1.54) is 7.11 Å². The van der Waals surface area contributed by atoms with Crippen molar-refractivity contribution in [2.75, 3.05) is 20.2 Å². The fraction of sp³-hybridized carbons (Fsp3) is 0.412. The summed E-state index contributed by atoms with van der Waals surface area (Å²) in [4.78, 5) is 26.6. The van der Waals surface area contributed by atoms with E-state index in [2.05, 4.69) is 0 Å². The fourth-order valence-corrected chi connectivity index (χ4v) is 2.87. The minimum atomic E-state index is -0.605. The third-order valence-electron chi connectivity index (χ3n) is 4.07. The molecule has 0 saturated carbocycles. The van der Waals surface area contributed by atoms with Crippen LogP contribution >= 0.6 is 0 Å². The monoisotopic (exact) mass is 301 g/mol. The average molecular weight is 301 g/mol. The molecule has 1 aliphatic rings. The molecule has 0 atom stereocenters. The second kappa shape index (κ2) is 6.22. The van der Waals surface area contributed by atoms with Gasteiger partial charge in [0.25, 0.3) is 5.91 Å². The minimum Gasteiger partial charge on any atom is -0.493 e. The molecule has 116 valence electrons. The van der Waals surface area contributed by atoms with E-state index < -0.39 is 5.63 Å². The van der Waals surface area contributed by atoms with Crippen LogP contribution in [0.2, 0.25) is 0 Å². The Kier molecular flexibility index (Phi) is 4.13. The smallest absolute Gasteiger partial charge is 0.349 e. The van der Waals surface area contributed by atoms with Crippen LogP contribution in [0.1, 0.15) is 36.0 Å². The zero-order valence-electron chi connectivity index (χ0n) is 12.6. The van der Waals surface area contributed by atoms with Gasteiger partial charge < -0.3 is 14.1 Å². The molecule has 22 heavy (non-hydrogen) atoms. The molecule has 1 amide bonds. The van der Waals surface area contributed by atoms with Crippen LogP contribution in [0.3, 0.4) is 0 Å². The van der Waals surface area contributed by atoms with Crippen molar-refractivity contribution in [1.29, 1.82) is 0 Å². The molecule has 0 aliphatic carbocycles. The Morgan fingerprint density at radius 2 is 1.91 bits per heavy atom. The van der Waals surface area contributed by atoms with Gasteiger partial charge in [-0.1, -0.05) is 25.0 Å². The molecular formula is C17H19NO4. The van der Waals surface area contributed by atoms with Gasteiger partial charge in [-0.2, -0.15) is 0 Å². The molecule has 0 bridgehead atoms. The van der Waals surface area contributed by atoms with E-state index in [1.807, 2.05) is 0 Å². The Morgan fingerprint density at radius 3 is 2.59 bits per heavy atom. The quantitative estimate of drug-likeness (QED) is 0.800. The van der Waals surface area contributed by atoms with Gasteiger partial charge in [-0.3, -0.25) is 4.79 Å². The van der Waals surface area contributed by atoms with Gasteiger partial charge in [0, 0.05) is 18.5 Å². The number of para-hydroxylation sites is 1. The van der Waals surface area contributed by atoms with Crippen molar-refractivity contribution in [3.63, 3.8) is 0 Å². The zero-order chi connectivity index (χ0) is 15.5. The first-order valence-corrected chi connectivity index (χ1v) is 7.61. The largest absolute Gasteiger partial charge is 0.493 e.